The summed E-state index contributed by atoms with van der Waals surface area (Å²) in [5.74, 6) is -0.679. The van der Waals surface area contributed by atoms with Crippen LogP contribution >= 0.6 is 11.6 Å². The molecule has 2 aromatic heterocycles. The van der Waals surface area contributed by atoms with Crippen LogP contribution in [0.15, 0.2) is 36.7 Å². The molecule has 0 atom stereocenters. The van der Waals surface area contributed by atoms with Crippen molar-refractivity contribution in [3.05, 3.63) is 64.1 Å². The molecular weight excluding hydrogens is 487 g/mol. The van der Waals surface area contributed by atoms with Gasteiger partial charge in [0.15, 0.2) is 0 Å². The molecule has 1 saturated heterocycles. The van der Waals surface area contributed by atoms with Gasteiger partial charge in [-0.2, -0.15) is 13.2 Å². The van der Waals surface area contributed by atoms with Crippen LogP contribution in [-0.4, -0.2) is 46.9 Å². The van der Waals surface area contributed by atoms with Crippen molar-refractivity contribution in [2.45, 2.75) is 32.0 Å². The number of hydrogen-bond acceptors (Lipinski definition) is 6. The van der Waals surface area contributed by atoms with Gasteiger partial charge in [0.25, 0.3) is 5.91 Å². The van der Waals surface area contributed by atoms with Gasteiger partial charge >= 0.3 is 12.1 Å². The molecule has 1 aliphatic rings. The Kier molecular flexibility index (Phi) is 7.11. The molecule has 0 bridgehead atoms. The number of alkyl halides is 3. The van der Waals surface area contributed by atoms with Crippen LogP contribution in [0.3, 0.4) is 0 Å². The topological polar surface area (TPSA) is 81.6 Å². The summed E-state index contributed by atoms with van der Waals surface area (Å²) >= 11 is 5.95. The number of rotatable bonds is 5. The number of methoxy groups -OCH3 is 1. The van der Waals surface area contributed by atoms with E-state index in [1.165, 1.54) is 19.4 Å². The summed E-state index contributed by atoms with van der Waals surface area (Å²) in [5, 5.41) is 0.861. The Morgan fingerprint density at radius 3 is 2.46 bits per heavy atom. The summed E-state index contributed by atoms with van der Waals surface area (Å²) in [7, 11) is 1.26. The van der Waals surface area contributed by atoms with Gasteiger partial charge in [0.2, 0.25) is 5.88 Å². The summed E-state index contributed by atoms with van der Waals surface area (Å²) in [4.78, 5) is 35.2. The fraction of sp³-hybridized carbons (Fsp3) is 0.333. The fourth-order valence-corrected chi connectivity index (χ4v) is 4.09. The number of likely N-dealkylation sites (tertiary alicyclic amines) is 1. The van der Waals surface area contributed by atoms with E-state index in [9.17, 15) is 22.8 Å². The summed E-state index contributed by atoms with van der Waals surface area (Å²) < 4.78 is 49.0. The minimum atomic E-state index is -4.56. The molecule has 0 N–H and O–H groups in total. The van der Waals surface area contributed by atoms with Crippen LogP contribution in [0.2, 0.25) is 5.02 Å². The van der Waals surface area contributed by atoms with E-state index in [2.05, 4.69) is 9.97 Å². The molecule has 35 heavy (non-hydrogen) atoms. The molecule has 3 heterocycles. The number of amides is 1. The van der Waals surface area contributed by atoms with E-state index in [-0.39, 0.29) is 34.7 Å². The second-order valence-corrected chi connectivity index (χ2v) is 8.46. The largest absolute Gasteiger partial charge is 0.471 e. The molecule has 1 aromatic carbocycles. The molecule has 1 amide bonds. The molecule has 0 radical (unpaired) electrons. The normalized spacial score (nSPS) is 14.1. The lowest BCUT2D eigenvalue weighted by Crippen LogP contribution is -2.35. The lowest BCUT2D eigenvalue weighted by atomic mass is 10.00. The van der Waals surface area contributed by atoms with Crippen LogP contribution < -0.4 is 4.74 Å². The van der Waals surface area contributed by atoms with Gasteiger partial charge in [0, 0.05) is 47.9 Å². The van der Waals surface area contributed by atoms with E-state index in [1.807, 2.05) is 0 Å². The number of pyridine rings is 2. The maximum absolute atomic E-state index is 13.3. The Balaban J connectivity index is 1.65. The molecule has 1 fully saturated rings. The van der Waals surface area contributed by atoms with E-state index in [0.717, 1.165) is 25.3 Å². The lowest BCUT2D eigenvalue weighted by Gasteiger charge is -2.27. The first-order valence-electron chi connectivity index (χ1n) is 10.8. The van der Waals surface area contributed by atoms with E-state index in [1.54, 1.807) is 17.0 Å². The monoisotopic (exact) mass is 507 g/mol. The van der Waals surface area contributed by atoms with E-state index >= 15 is 0 Å². The number of ether oxygens (including phenoxy) is 2. The number of fused-ring (bicyclic) bond motifs is 1. The van der Waals surface area contributed by atoms with Crippen molar-refractivity contribution in [1.29, 1.82) is 0 Å². The molecule has 0 saturated carbocycles. The average Bonchev–Trinajstić information content (AvgIpc) is 2.86. The standard InChI is InChI=1S/C24H21ClF3N3O4/c1-34-23(33)14-7-15-11-30-21(35-13-20-19(25)9-16(12-29-20)24(26,27)28)10-17(15)18(8-14)22(32)31-5-3-2-4-6-31/h7-12H,2-6,13H2,1H3. The van der Waals surface area contributed by atoms with E-state index in [0.29, 0.717) is 35.6 Å². The minimum absolute atomic E-state index is 0.104. The molecule has 0 aliphatic carbocycles. The number of carbonyl (C=O) groups excluding carboxylic acids is 2. The number of halogens is 4. The van der Waals surface area contributed by atoms with Crippen molar-refractivity contribution in [3.8, 4) is 5.88 Å². The van der Waals surface area contributed by atoms with Crippen molar-refractivity contribution in [3.63, 3.8) is 0 Å². The van der Waals surface area contributed by atoms with Crippen molar-refractivity contribution in [2.24, 2.45) is 0 Å². The molecule has 4 rings (SSSR count). The van der Waals surface area contributed by atoms with Crippen LogP contribution in [0, 0.1) is 0 Å². The summed E-state index contributed by atoms with van der Waals surface area (Å²) in [6, 6.07) is 5.39. The Bertz CT molecular complexity index is 1280. The van der Waals surface area contributed by atoms with Crippen molar-refractivity contribution in [2.75, 3.05) is 20.2 Å². The van der Waals surface area contributed by atoms with Gasteiger partial charge in [-0.3, -0.25) is 9.78 Å². The first kappa shape index (κ1) is 24.7. The van der Waals surface area contributed by atoms with Crippen LogP contribution in [0.5, 0.6) is 5.88 Å². The Labute approximate surface area is 203 Å². The predicted molar refractivity (Wildman–Crippen MR) is 121 cm³/mol. The Morgan fingerprint density at radius 1 is 1.06 bits per heavy atom. The summed E-state index contributed by atoms with van der Waals surface area (Å²) in [5.41, 5.74) is -0.330. The average molecular weight is 508 g/mol. The van der Waals surface area contributed by atoms with Crippen molar-refractivity contribution in [1.82, 2.24) is 14.9 Å². The third-order valence-corrected chi connectivity index (χ3v) is 6.03. The smallest absolute Gasteiger partial charge is 0.417 e. The van der Waals surface area contributed by atoms with Crippen molar-refractivity contribution >= 4 is 34.2 Å². The van der Waals surface area contributed by atoms with Crippen LogP contribution in [0.4, 0.5) is 13.2 Å². The maximum atomic E-state index is 13.3. The molecule has 3 aromatic rings. The van der Waals surface area contributed by atoms with Gasteiger partial charge in [-0.25, -0.2) is 9.78 Å². The number of nitrogens with zero attached hydrogens (tertiary/aromatic N) is 3. The number of carbonyl (C=O) groups is 2. The highest BCUT2D eigenvalue weighted by Crippen LogP contribution is 2.32. The van der Waals surface area contributed by atoms with Gasteiger partial charge in [0.1, 0.15) is 6.61 Å². The van der Waals surface area contributed by atoms with E-state index < -0.39 is 17.7 Å². The van der Waals surface area contributed by atoms with Crippen LogP contribution in [0.25, 0.3) is 10.8 Å². The molecule has 0 unspecified atom stereocenters. The highest BCUT2D eigenvalue weighted by atomic mass is 35.5. The Hall–Kier alpha value is -3.40. The van der Waals surface area contributed by atoms with Crippen LogP contribution in [0.1, 0.15) is 51.2 Å². The van der Waals surface area contributed by atoms with Gasteiger partial charge in [-0.1, -0.05) is 11.6 Å². The second-order valence-electron chi connectivity index (χ2n) is 8.05. The zero-order chi connectivity index (χ0) is 25.2. The number of benzene rings is 1. The van der Waals surface area contributed by atoms with Gasteiger partial charge < -0.3 is 14.4 Å². The van der Waals surface area contributed by atoms with Crippen LogP contribution in [-0.2, 0) is 17.5 Å². The molecule has 1 aliphatic heterocycles. The highest BCUT2D eigenvalue weighted by Gasteiger charge is 2.31. The molecular formula is C24H21ClF3N3O4. The molecule has 7 nitrogen and oxygen atoms in total. The fourth-order valence-electron chi connectivity index (χ4n) is 3.87. The number of aromatic nitrogens is 2. The third kappa shape index (κ3) is 5.48. The third-order valence-electron chi connectivity index (χ3n) is 5.71. The Morgan fingerprint density at radius 2 is 1.80 bits per heavy atom. The molecule has 11 heteroatoms. The summed E-state index contributed by atoms with van der Waals surface area (Å²) in [6.45, 7) is 1.01. The first-order valence-corrected chi connectivity index (χ1v) is 11.2. The quantitative estimate of drug-likeness (QED) is 0.436. The number of piperidine rings is 1. The first-order chi connectivity index (χ1) is 16.7. The number of esters is 1. The minimum Gasteiger partial charge on any atom is -0.471 e. The summed E-state index contributed by atoms with van der Waals surface area (Å²) in [6.07, 6.45) is 0.424. The van der Waals surface area contributed by atoms with E-state index in [4.69, 9.17) is 21.1 Å². The molecule has 184 valence electrons. The van der Waals surface area contributed by atoms with Gasteiger partial charge in [-0.15, -0.1) is 0 Å². The number of hydrogen-bond donors (Lipinski definition) is 0. The predicted octanol–water partition coefficient (Wildman–Crippen LogP) is 5.29. The lowest BCUT2D eigenvalue weighted by molar-refractivity contribution is -0.137. The molecule has 0 spiro atoms. The zero-order valence-electron chi connectivity index (χ0n) is 18.7. The van der Waals surface area contributed by atoms with Crippen molar-refractivity contribution < 1.29 is 32.2 Å². The van der Waals surface area contributed by atoms with Gasteiger partial charge in [0.05, 0.1) is 29.0 Å². The SMILES string of the molecule is COC(=O)c1cc(C(=O)N2CCCCC2)c2cc(OCc3ncc(C(F)(F)F)cc3Cl)ncc2c1. The maximum Gasteiger partial charge on any atom is 0.417 e. The van der Waals surface area contributed by atoms with Gasteiger partial charge in [-0.05, 0) is 37.5 Å². The highest BCUT2D eigenvalue weighted by molar-refractivity contribution is 6.31. The second kappa shape index (κ2) is 10.1. The zero-order valence-corrected chi connectivity index (χ0v) is 19.4.